The molecular formula is C26H17N3O. The molecule has 0 atom stereocenters. The Bertz CT molecular complexity index is 1400. The molecule has 0 saturated carbocycles. The molecule has 4 nitrogen and oxygen atoms in total. The summed E-state index contributed by atoms with van der Waals surface area (Å²) in [5.41, 5.74) is 7.10. The summed E-state index contributed by atoms with van der Waals surface area (Å²) in [5.74, 6) is 0. The highest BCUT2D eigenvalue weighted by Crippen LogP contribution is 2.48. The molecule has 30 heavy (non-hydrogen) atoms. The van der Waals surface area contributed by atoms with E-state index in [1.165, 1.54) is 11.1 Å². The van der Waals surface area contributed by atoms with Crippen molar-refractivity contribution in [2.75, 3.05) is 4.90 Å². The number of anilines is 1. The number of fused-ring (bicyclic) bond motifs is 6. The molecule has 1 amide bonds. The van der Waals surface area contributed by atoms with Gasteiger partial charge in [-0.3, -0.25) is 14.8 Å². The molecule has 0 N–H and O–H groups in total. The van der Waals surface area contributed by atoms with Gasteiger partial charge in [0.05, 0.1) is 22.8 Å². The van der Waals surface area contributed by atoms with E-state index in [-0.39, 0.29) is 6.04 Å². The van der Waals surface area contributed by atoms with Crippen LogP contribution in [-0.4, -0.2) is 16.4 Å². The van der Waals surface area contributed by atoms with Crippen molar-refractivity contribution in [3.8, 4) is 11.1 Å². The highest BCUT2D eigenvalue weighted by molar-refractivity contribution is 6.11. The molecule has 0 radical (unpaired) electrons. The predicted octanol–water partition coefficient (Wildman–Crippen LogP) is 5.52. The number of benzene rings is 3. The SMILES string of the molecule is O=CN(c1cc2cccnc2c2ncccc12)C1c2ccccc2-c2ccccc21. The van der Waals surface area contributed by atoms with Gasteiger partial charge in [-0.15, -0.1) is 0 Å². The van der Waals surface area contributed by atoms with E-state index in [1.54, 1.807) is 12.4 Å². The monoisotopic (exact) mass is 387 g/mol. The zero-order valence-electron chi connectivity index (χ0n) is 16.1. The van der Waals surface area contributed by atoms with Crippen LogP contribution in [-0.2, 0) is 4.79 Å². The standard InChI is InChI=1S/C26H17N3O/c30-16-29(26-20-10-3-1-8-18(20)19-9-2-4-11-21(19)26)23-15-17-7-5-13-27-24(17)25-22(23)12-6-14-28-25/h1-16,26H. The lowest BCUT2D eigenvalue weighted by Gasteiger charge is -2.28. The van der Waals surface area contributed by atoms with Crippen LogP contribution in [0.4, 0.5) is 5.69 Å². The molecule has 0 bridgehead atoms. The van der Waals surface area contributed by atoms with Crippen LogP contribution in [0.2, 0.25) is 0 Å². The molecular weight excluding hydrogens is 370 g/mol. The zero-order valence-corrected chi connectivity index (χ0v) is 16.1. The summed E-state index contributed by atoms with van der Waals surface area (Å²) in [6, 6.07) is 26.3. The summed E-state index contributed by atoms with van der Waals surface area (Å²) in [7, 11) is 0. The number of hydrogen-bond acceptors (Lipinski definition) is 3. The minimum atomic E-state index is -0.188. The number of amides is 1. The van der Waals surface area contributed by atoms with Crippen LogP contribution >= 0.6 is 0 Å². The van der Waals surface area contributed by atoms with E-state index in [0.717, 1.165) is 45.0 Å². The second kappa shape index (κ2) is 6.49. The number of rotatable bonds is 3. The van der Waals surface area contributed by atoms with Gasteiger partial charge in [0, 0.05) is 23.2 Å². The number of nitrogens with zero attached hydrogens (tertiary/aromatic N) is 3. The van der Waals surface area contributed by atoms with Gasteiger partial charge in [-0.05, 0) is 46.5 Å². The normalized spacial score (nSPS) is 12.7. The van der Waals surface area contributed by atoms with Crippen LogP contribution in [0.3, 0.4) is 0 Å². The zero-order chi connectivity index (χ0) is 20.1. The Balaban J connectivity index is 1.66. The van der Waals surface area contributed by atoms with Gasteiger partial charge in [0.25, 0.3) is 0 Å². The summed E-state index contributed by atoms with van der Waals surface area (Å²) in [6.07, 6.45) is 4.48. The Kier molecular flexibility index (Phi) is 3.65. The van der Waals surface area contributed by atoms with E-state index in [1.807, 2.05) is 59.5 Å². The molecule has 5 aromatic rings. The van der Waals surface area contributed by atoms with Gasteiger partial charge in [-0.1, -0.05) is 54.6 Å². The number of pyridine rings is 2. The topological polar surface area (TPSA) is 46.1 Å². The van der Waals surface area contributed by atoms with E-state index in [4.69, 9.17) is 0 Å². The molecule has 2 aromatic heterocycles. The molecule has 4 heteroatoms. The molecule has 1 aliphatic rings. The Morgan fingerprint density at radius 3 is 2.07 bits per heavy atom. The van der Waals surface area contributed by atoms with E-state index in [2.05, 4.69) is 34.2 Å². The molecule has 0 unspecified atom stereocenters. The highest BCUT2D eigenvalue weighted by Gasteiger charge is 2.33. The molecule has 142 valence electrons. The van der Waals surface area contributed by atoms with Gasteiger partial charge < -0.3 is 4.90 Å². The van der Waals surface area contributed by atoms with Crippen LogP contribution in [0.5, 0.6) is 0 Å². The van der Waals surface area contributed by atoms with Crippen LogP contribution in [0.25, 0.3) is 32.9 Å². The number of aromatic nitrogens is 2. The lowest BCUT2D eigenvalue weighted by atomic mass is 10.0. The predicted molar refractivity (Wildman–Crippen MR) is 119 cm³/mol. The van der Waals surface area contributed by atoms with Crippen molar-refractivity contribution in [1.29, 1.82) is 0 Å². The first-order valence-corrected chi connectivity index (χ1v) is 9.91. The average Bonchev–Trinajstić information content (AvgIpc) is 3.14. The van der Waals surface area contributed by atoms with Gasteiger partial charge in [-0.2, -0.15) is 0 Å². The molecule has 0 saturated heterocycles. The summed E-state index contributed by atoms with van der Waals surface area (Å²) < 4.78 is 0. The van der Waals surface area contributed by atoms with E-state index < -0.39 is 0 Å². The van der Waals surface area contributed by atoms with Crippen molar-refractivity contribution in [3.05, 3.63) is 102 Å². The van der Waals surface area contributed by atoms with Gasteiger partial charge >= 0.3 is 0 Å². The number of carbonyl (C=O) groups is 1. The lowest BCUT2D eigenvalue weighted by molar-refractivity contribution is -0.107. The second-order valence-corrected chi connectivity index (χ2v) is 7.46. The van der Waals surface area contributed by atoms with Gasteiger partial charge in [0.1, 0.15) is 0 Å². The molecule has 0 aliphatic heterocycles. The molecule has 1 aliphatic carbocycles. The minimum absolute atomic E-state index is 0.188. The van der Waals surface area contributed by atoms with Crippen molar-refractivity contribution in [2.45, 2.75) is 6.04 Å². The van der Waals surface area contributed by atoms with Crippen molar-refractivity contribution >= 4 is 33.9 Å². The minimum Gasteiger partial charge on any atom is -0.303 e. The molecule has 0 spiro atoms. The fourth-order valence-electron chi connectivity index (χ4n) is 4.66. The Hall–Kier alpha value is -4.05. The smallest absolute Gasteiger partial charge is 0.215 e. The summed E-state index contributed by atoms with van der Waals surface area (Å²) in [6.45, 7) is 0. The van der Waals surface area contributed by atoms with Crippen molar-refractivity contribution < 1.29 is 4.79 Å². The maximum absolute atomic E-state index is 12.6. The van der Waals surface area contributed by atoms with Crippen LogP contribution in [0.15, 0.2) is 91.3 Å². The van der Waals surface area contributed by atoms with E-state index in [9.17, 15) is 4.79 Å². The Labute approximate surface area is 173 Å². The Morgan fingerprint density at radius 2 is 1.37 bits per heavy atom. The maximum Gasteiger partial charge on any atom is 0.215 e. The van der Waals surface area contributed by atoms with E-state index in [0.29, 0.717) is 0 Å². The van der Waals surface area contributed by atoms with Crippen LogP contribution < -0.4 is 4.90 Å². The molecule has 3 aromatic carbocycles. The fourth-order valence-corrected chi connectivity index (χ4v) is 4.66. The van der Waals surface area contributed by atoms with Gasteiger partial charge in [0.15, 0.2) is 0 Å². The second-order valence-electron chi connectivity index (χ2n) is 7.46. The Morgan fingerprint density at radius 1 is 0.733 bits per heavy atom. The van der Waals surface area contributed by atoms with Gasteiger partial charge in [-0.25, -0.2) is 0 Å². The summed E-state index contributed by atoms with van der Waals surface area (Å²) in [5, 5.41) is 1.88. The van der Waals surface area contributed by atoms with Crippen LogP contribution in [0.1, 0.15) is 17.2 Å². The number of carbonyl (C=O) groups excluding carboxylic acids is 1. The third-order valence-corrected chi connectivity index (χ3v) is 5.91. The van der Waals surface area contributed by atoms with Crippen molar-refractivity contribution in [3.63, 3.8) is 0 Å². The quantitative estimate of drug-likeness (QED) is 0.303. The number of hydrogen-bond donors (Lipinski definition) is 0. The maximum atomic E-state index is 12.6. The van der Waals surface area contributed by atoms with Crippen molar-refractivity contribution in [1.82, 2.24) is 9.97 Å². The van der Waals surface area contributed by atoms with Gasteiger partial charge in [0.2, 0.25) is 6.41 Å². The average molecular weight is 387 g/mol. The highest BCUT2D eigenvalue weighted by atomic mass is 16.1. The summed E-state index contributed by atoms with van der Waals surface area (Å²) >= 11 is 0. The third-order valence-electron chi connectivity index (χ3n) is 5.91. The molecule has 6 rings (SSSR count). The van der Waals surface area contributed by atoms with E-state index >= 15 is 0 Å². The largest absolute Gasteiger partial charge is 0.303 e. The first-order chi connectivity index (χ1) is 14.9. The fraction of sp³-hybridized carbons (Fsp3) is 0.0385. The third kappa shape index (κ3) is 2.31. The first kappa shape index (κ1) is 16.9. The molecule has 2 heterocycles. The molecule has 0 fully saturated rings. The lowest BCUT2D eigenvalue weighted by Crippen LogP contribution is -2.27. The van der Waals surface area contributed by atoms with Crippen molar-refractivity contribution in [2.24, 2.45) is 0 Å². The summed E-state index contributed by atoms with van der Waals surface area (Å²) in [4.78, 5) is 23.5. The van der Waals surface area contributed by atoms with Crippen LogP contribution in [0, 0.1) is 0 Å². The first-order valence-electron chi connectivity index (χ1n) is 9.91.